The minimum absolute atomic E-state index is 0.535. The summed E-state index contributed by atoms with van der Waals surface area (Å²) >= 11 is -2.10. The molecule has 2 aromatic carbocycles. The van der Waals surface area contributed by atoms with Crippen LogP contribution in [-0.4, -0.2) is 32.9 Å². The zero-order valence-corrected chi connectivity index (χ0v) is 14.3. The van der Waals surface area contributed by atoms with E-state index in [1.54, 1.807) is 56.8 Å². The smallest absolute Gasteiger partial charge is 0.259 e. The third kappa shape index (κ3) is 3.95. The summed E-state index contributed by atoms with van der Waals surface area (Å²) in [5.41, 5.74) is 2.65. The van der Waals surface area contributed by atoms with E-state index in [-0.39, 0.29) is 0 Å². The molecule has 8 nitrogen and oxygen atoms in total. The van der Waals surface area contributed by atoms with E-state index in [1.165, 1.54) is 0 Å². The van der Waals surface area contributed by atoms with Crippen LogP contribution in [0.2, 0.25) is 0 Å². The summed E-state index contributed by atoms with van der Waals surface area (Å²) in [5, 5.41) is 3.13. The van der Waals surface area contributed by atoms with Gasteiger partial charge in [0.15, 0.2) is 11.5 Å². The molecule has 1 heterocycles. The van der Waals surface area contributed by atoms with E-state index in [0.717, 1.165) is 5.69 Å². The summed E-state index contributed by atoms with van der Waals surface area (Å²) in [5.74, 6) is 1.73. The average Bonchev–Trinajstić information content (AvgIpc) is 2.61. The Morgan fingerprint density at radius 3 is 2.20 bits per heavy atom. The van der Waals surface area contributed by atoms with Crippen LogP contribution < -0.4 is 19.5 Å². The summed E-state index contributed by atoms with van der Waals surface area (Å²) in [7, 11) is 3.13. The Kier molecular flexibility index (Phi) is 4.96. The highest BCUT2D eigenvalue weighted by atomic mass is 32.2. The number of hydrogen-bond donors (Lipinski definition) is 3. The van der Waals surface area contributed by atoms with Crippen molar-refractivity contribution in [1.82, 2.24) is 9.97 Å². The van der Waals surface area contributed by atoms with Crippen molar-refractivity contribution < 1.29 is 18.2 Å². The number of methoxy groups -OCH3 is 2. The Morgan fingerprint density at radius 1 is 1.00 bits per heavy atom. The van der Waals surface area contributed by atoms with Crippen LogP contribution in [0.15, 0.2) is 42.6 Å². The van der Waals surface area contributed by atoms with E-state index in [1.807, 2.05) is 0 Å². The molecule has 0 fully saturated rings. The van der Waals surface area contributed by atoms with Gasteiger partial charge >= 0.3 is 0 Å². The molecule has 9 heteroatoms. The molecule has 0 radical (unpaired) electrons. The molecule has 0 saturated heterocycles. The van der Waals surface area contributed by atoms with Gasteiger partial charge in [-0.05, 0) is 24.3 Å². The molecule has 3 N–H and O–H groups in total. The van der Waals surface area contributed by atoms with Gasteiger partial charge in [-0.15, -0.1) is 0 Å². The lowest BCUT2D eigenvalue weighted by molar-refractivity contribution is 0.355. The van der Waals surface area contributed by atoms with Gasteiger partial charge in [-0.1, -0.05) is 0 Å². The van der Waals surface area contributed by atoms with E-state index in [2.05, 4.69) is 20.0 Å². The van der Waals surface area contributed by atoms with Crippen LogP contribution >= 0.6 is 0 Å². The van der Waals surface area contributed by atoms with Gasteiger partial charge < -0.3 is 14.8 Å². The molecule has 130 valence electrons. The molecule has 25 heavy (non-hydrogen) atoms. The van der Waals surface area contributed by atoms with E-state index in [9.17, 15) is 4.21 Å². The molecule has 0 aliphatic carbocycles. The van der Waals surface area contributed by atoms with Gasteiger partial charge in [0.05, 0.1) is 31.4 Å². The van der Waals surface area contributed by atoms with Crippen molar-refractivity contribution in [2.45, 2.75) is 0 Å². The van der Waals surface area contributed by atoms with Crippen LogP contribution in [0.1, 0.15) is 0 Å². The predicted molar refractivity (Wildman–Crippen MR) is 96.8 cm³/mol. The van der Waals surface area contributed by atoms with Gasteiger partial charge in [0.25, 0.3) is 11.3 Å². The van der Waals surface area contributed by atoms with E-state index >= 15 is 0 Å². The number of hydrogen-bond acceptors (Lipinski definition) is 6. The largest absolute Gasteiger partial charge is 0.493 e. The Bertz CT molecular complexity index is 918. The SMILES string of the molecule is COc1cc2ncc(Nc3ccc(NS(=O)O)cc3)nc2cc1OC. The fourth-order valence-electron chi connectivity index (χ4n) is 2.27. The minimum atomic E-state index is -2.10. The van der Waals surface area contributed by atoms with E-state index in [4.69, 9.17) is 14.0 Å². The van der Waals surface area contributed by atoms with Gasteiger partial charge in [-0.25, -0.2) is 9.19 Å². The Balaban J connectivity index is 1.85. The summed E-state index contributed by atoms with van der Waals surface area (Å²) in [6.07, 6.45) is 1.61. The van der Waals surface area contributed by atoms with Crippen LogP contribution in [-0.2, 0) is 11.3 Å². The number of anilines is 3. The quantitative estimate of drug-likeness (QED) is 0.580. The van der Waals surface area contributed by atoms with Gasteiger partial charge in [0.2, 0.25) is 0 Å². The third-order valence-corrected chi connectivity index (χ3v) is 3.82. The molecule has 0 aliphatic rings. The summed E-state index contributed by atoms with van der Waals surface area (Å²) in [6, 6.07) is 10.4. The fraction of sp³-hybridized carbons (Fsp3) is 0.125. The molecule has 0 saturated carbocycles. The van der Waals surface area contributed by atoms with Crippen molar-refractivity contribution in [2.75, 3.05) is 24.3 Å². The Morgan fingerprint density at radius 2 is 1.60 bits per heavy atom. The van der Waals surface area contributed by atoms with Crippen molar-refractivity contribution in [3.8, 4) is 11.5 Å². The van der Waals surface area contributed by atoms with Crippen LogP contribution in [0.25, 0.3) is 11.0 Å². The summed E-state index contributed by atoms with van der Waals surface area (Å²) < 4.78 is 32.4. The normalized spacial score (nSPS) is 11.8. The number of nitrogens with zero attached hydrogens (tertiary/aromatic N) is 2. The second kappa shape index (κ2) is 7.32. The lowest BCUT2D eigenvalue weighted by atomic mass is 10.2. The number of aromatic nitrogens is 2. The molecule has 0 amide bonds. The summed E-state index contributed by atoms with van der Waals surface area (Å²) in [4.78, 5) is 8.88. The monoisotopic (exact) mass is 360 g/mol. The topological polar surface area (TPSA) is 106 Å². The zero-order chi connectivity index (χ0) is 17.8. The van der Waals surface area contributed by atoms with Crippen LogP contribution in [0.5, 0.6) is 11.5 Å². The lowest BCUT2D eigenvalue weighted by Crippen LogP contribution is -2.01. The molecular weight excluding hydrogens is 344 g/mol. The molecule has 0 spiro atoms. The molecule has 0 bridgehead atoms. The minimum Gasteiger partial charge on any atom is -0.493 e. The second-order valence-corrected chi connectivity index (χ2v) is 5.71. The number of rotatable bonds is 6. The average molecular weight is 360 g/mol. The van der Waals surface area contributed by atoms with Gasteiger partial charge in [0, 0.05) is 23.5 Å². The zero-order valence-electron chi connectivity index (χ0n) is 13.5. The number of fused-ring (bicyclic) bond motifs is 1. The molecule has 3 aromatic rings. The number of benzene rings is 2. The Labute approximate surface area is 146 Å². The number of nitrogens with one attached hydrogen (secondary N) is 2. The van der Waals surface area contributed by atoms with Crippen LogP contribution in [0, 0.1) is 0 Å². The first-order valence-electron chi connectivity index (χ1n) is 7.22. The van der Waals surface area contributed by atoms with Crippen molar-refractivity contribution in [1.29, 1.82) is 0 Å². The van der Waals surface area contributed by atoms with Crippen LogP contribution in [0.3, 0.4) is 0 Å². The van der Waals surface area contributed by atoms with Crippen molar-refractivity contribution in [3.05, 3.63) is 42.6 Å². The van der Waals surface area contributed by atoms with Gasteiger partial charge in [-0.2, -0.15) is 0 Å². The van der Waals surface area contributed by atoms with Crippen molar-refractivity contribution >= 4 is 39.5 Å². The molecule has 1 unspecified atom stereocenters. The predicted octanol–water partition coefficient (Wildman–Crippen LogP) is 2.94. The highest BCUT2D eigenvalue weighted by Crippen LogP contribution is 2.31. The lowest BCUT2D eigenvalue weighted by Gasteiger charge is -2.10. The molecule has 0 aliphatic heterocycles. The highest BCUT2D eigenvalue weighted by Gasteiger charge is 2.09. The third-order valence-electron chi connectivity index (χ3n) is 3.41. The maximum atomic E-state index is 10.7. The van der Waals surface area contributed by atoms with Gasteiger partial charge in [0.1, 0.15) is 5.82 Å². The fourth-order valence-corrected chi connectivity index (χ4v) is 2.61. The molecule has 1 atom stereocenters. The molecular formula is C16H16N4O4S. The van der Waals surface area contributed by atoms with Gasteiger partial charge in [-0.3, -0.25) is 14.3 Å². The van der Waals surface area contributed by atoms with Crippen molar-refractivity contribution in [3.63, 3.8) is 0 Å². The first-order chi connectivity index (χ1) is 12.1. The maximum Gasteiger partial charge on any atom is 0.259 e. The Hall–Kier alpha value is -2.91. The van der Waals surface area contributed by atoms with E-state index in [0.29, 0.717) is 34.0 Å². The number of ether oxygens (including phenoxy) is 2. The second-order valence-electron chi connectivity index (χ2n) is 5.00. The summed E-state index contributed by atoms with van der Waals surface area (Å²) in [6.45, 7) is 0. The molecule has 1 aromatic heterocycles. The first-order valence-corrected chi connectivity index (χ1v) is 8.33. The molecule has 3 rings (SSSR count). The first kappa shape index (κ1) is 16.9. The standard InChI is InChI=1S/C16H16N4O4S/c1-23-14-7-12-13(8-15(14)24-2)19-16(9-17-12)18-10-3-5-11(6-4-10)20-25(21)22/h3-9,20H,1-2H3,(H,18,19)(H,21,22). The maximum absolute atomic E-state index is 10.7. The highest BCUT2D eigenvalue weighted by molar-refractivity contribution is 7.80. The van der Waals surface area contributed by atoms with Crippen molar-refractivity contribution in [2.24, 2.45) is 0 Å². The van der Waals surface area contributed by atoms with E-state index < -0.39 is 11.3 Å². The van der Waals surface area contributed by atoms with Crippen LogP contribution in [0.4, 0.5) is 17.2 Å².